The van der Waals surface area contributed by atoms with Gasteiger partial charge in [0.25, 0.3) is 0 Å². The first-order chi connectivity index (χ1) is 16.3. The average molecular weight is 467 g/mol. The number of pyridine rings is 1. The van der Waals surface area contributed by atoms with E-state index in [1.165, 1.54) is 43.7 Å². The maximum Gasteiger partial charge on any atom is 0.214 e. The zero-order valence-corrected chi connectivity index (χ0v) is 22.3. The number of hydrogen-bond acceptors (Lipinski definition) is 5. The third kappa shape index (κ3) is 7.41. The zero-order chi connectivity index (χ0) is 25.3. The fraction of sp³-hybridized carbons (Fsp3) is 0.552. The summed E-state index contributed by atoms with van der Waals surface area (Å²) in [5, 5.41) is 0. The Bertz CT molecular complexity index is 970. The lowest BCUT2D eigenvalue weighted by Gasteiger charge is -2.13. The van der Waals surface area contributed by atoms with E-state index < -0.39 is 0 Å². The number of aryl methyl sites for hydroxylation is 3. The Kier molecular flexibility index (Phi) is 10.7. The van der Waals surface area contributed by atoms with Gasteiger partial charge in [0.2, 0.25) is 5.88 Å². The Morgan fingerprint density at radius 3 is 2.38 bits per heavy atom. The van der Waals surface area contributed by atoms with Crippen molar-refractivity contribution in [3.8, 4) is 11.6 Å². The zero-order valence-electron chi connectivity index (χ0n) is 22.3. The molecule has 2 aromatic rings. The average Bonchev–Trinajstić information content (AvgIpc) is 3.59. The highest BCUT2D eigenvalue weighted by molar-refractivity contribution is 6.05. The molecule has 1 heterocycles. The van der Waals surface area contributed by atoms with Crippen LogP contribution in [0.15, 0.2) is 29.3 Å². The van der Waals surface area contributed by atoms with Crippen molar-refractivity contribution in [1.82, 2.24) is 4.98 Å². The Labute approximate surface area is 206 Å². The number of aliphatic imine (C=N–C) groups is 1. The van der Waals surface area contributed by atoms with Crippen LogP contribution in [0.4, 0.5) is 0 Å². The van der Waals surface area contributed by atoms with E-state index in [1.54, 1.807) is 0 Å². The van der Waals surface area contributed by atoms with Gasteiger partial charge in [0.1, 0.15) is 12.4 Å². The number of aromatic nitrogens is 1. The van der Waals surface area contributed by atoms with Gasteiger partial charge < -0.3 is 9.47 Å². The third-order valence-electron chi connectivity index (χ3n) is 6.06. The molecule has 0 bridgehead atoms. The molecule has 5 nitrogen and oxygen atoms in total. The summed E-state index contributed by atoms with van der Waals surface area (Å²) < 4.78 is 10.8. The van der Waals surface area contributed by atoms with Gasteiger partial charge in [-0.2, -0.15) is 0 Å². The van der Waals surface area contributed by atoms with E-state index in [-0.39, 0.29) is 12.4 Å². The maximum atomic E-state index is 10.9. The fourth-order valence-corrected chi connectivity index (χ4v) is 4.35. The van der Waals surface area contributed by atoms with Crippen LogP contribution < -0.4 is 9.47 Å². The molecule has 1 aromatic heterocycles. The van der Waals surface area contributed by atoms with E-state index >= 15 is 0 Å². The quantitative estimate of drug-likeness (QED) is 0.428. The van der Waals surface area contributed by atoms with Crippen LogP contribution in [0, 0.1) is 19.8 Å². The third-order valence-corrected chi connectivity index (χ3v) is 6.06. The first kappa shape index (κ1) is 27.6. The van der Waals surface area contributed by atoms with Crippen LogP contribution >= 0.6 is 0 Å². The molecule has 4 rings (SSSR count). The number of carbonyl (C=O) groups is 1. The summed E-state index contributed by atoms with van der Waals surface area (Å²) in [5.74, 6) is 2.87. The number of fused-ring (bicyclic) bond motifs is 1. The van der Waals surface area contributed by atoms with Crippen LogP contribution in [0.25, 0.3) is 0 Å². The van der Waals surface area contributed by atoms with Gasteiger partial charge in [-0.1, -0.05) is 26.8 Å². The topological polar surface area (TPSA) is 60.8 Å². The van der Waals surface area contributed by atoms with E-state index in [0.717, 1.165) is 40.8 Å². The molecule has 0 aliphatic heterocycles. The molecule has 2 aliphatic rings. The summed E-state index contributed by atoms with van der Waals surface area (Å²) in [7, 11) is 1.84. The van der Waals surface area contributed by atoms with Gasteiger partial charge >= 0.3 is 0 Å². The lowest BCUT2D eigenvalue weighted by molar-refractivity contribution is -0.119. The fourth-order valence-electron chi connectivity index (χ4n) is 4.35. The number of Topliss-reactive ketones (excluding diaryl/α,β-unsaturated/α-hetero) is 1. The summed E-state index contributed by atoms with van der Waals surface area (Å²) >= 11 is 0. The van der Waals surface area contributed by atoms with Crippen molar-refractivity contribution in [1.29, 1.82) is 0 Å². The second-order valence-electron chi connectivity index (χ2n) is 8.84. The molecule has 0 saturated heterocycles. The Balaban J connectivity index is 0.000000237. The number of rotatable bonds is 7. The molecule has 0 spiro atoms. The molecule has 1 fully saturated rings. The molecular weight excluding hydrogens is 424 g/mol. The normalized spacial score (nSPS) is 16.5. The van der Waals surface area contributed by atoms with E-state index in [9.17, 15) is 4.79 Å². The maximum absolute atomic E-state index is 10.9. The van der Waals surface area contributed by atoms with Crippen molar-refractivity contribution in [3.05, 3.63) is 52.2 Å². The number of nitrogens with zero attached hydrogens (tertiary/aromatic N) is 2. The number of benzene rings is 1. The van der Waals surface area contributed by atoms with E-state index in [0.29, 0.717) is 11.8 Å². The molecule has 0 amide bonds. The predicted octanol–water partition coefficient (Wildman–Crippen LogP) is 6.66. The molecule has 0 N–H and O–H groups in total. The molecule has 2 aliphatic carbocycles. The van der Waals surface area contributed by atoms with Crippen molar-refractivity contribution >= 4 is 11.5 Å². The van der Waals surface area contributed by atoms with Crippen LogP contribution in [0.2, 0.25) is 0 Å². The molecule has 0 unspecified atom stereocenters. The van der Waals surface area contributed by atoms with Gasteiger partial charge in [0, 0.05) is 30.3 Å². The standard InChI is InChI=1S/C15H20N2O2.C12H16O.C2H6/c1-9-7-13(19-8-10(2)18)17-11(3)14(9)15(16-4)12-5-6-12;1-3-13-11-6-7-12-9(2)4-5-10(12)8-11;1-2/h7,12H,5-6,8H2,1-4H3;6-9H,3-5H2,1-2H3;1-2H3/t;9-;/m.0./s1. The van der Waals surface area contributed by atoms with Gasteiger partial charge in [-0.05, 0) is 88.1 Å². The summed E-state index contributed by atoms with van der Waals surface area (Å²) in [6.45, 7) is 14.7. The van der Waals surface area contributed by atoms with Crippen LogP contribution in [0.5, 0.6) is 11.6 Å². The second-order valence-corrected chi connectivity index (χ2v) is 8.84. The Hall–Kier alpha value is -2.69. The molecule has 0 radical (unpaired) electrons. The van der Waals surface area contributed by atoms with Crippen molar-refractivity contribution in [3.63, 3.8) is 0 Å². The Morgan fingerprint density at radius 1 is 1.12 bits per heavy atom. The second kappa shape index (κ2) is 13.3. The summed E-state index contributed by atoms with van der Waals surface area (Å²) in [6, 6.07) is 8.39. The minimum Gasteiger partial charge on any atom is -0.494 e. The molecule has 5 heteroatoms. The van der Waals surface area contributed by atoms with Crippen LogP contribution in [-0.4, -0.2) is 36.7 Å². The lowest BCUT2D eigenvalue weighted by Crippen LogP contribution is -2.12. The van der Waals surface area contributed by atoms with E-state index in [1.807, 2.05) is 47.7 Å². The number of carbonyl (C=O) groups excluding carboxylic acids is 1. The smallest absolute Gasteiger partial charge is 0.214 e. The first-order valence-corrected chi connectivity index (χ1v) is 12.7. The van der Waals surface area contributed by atoms with Gasteiger partial charge in [-0.3, -0.25) is 9.79 Å². The molecular formula is C29H42N2O3. The highest BCUT2D eigenvalue weighted by Gasteiger charge is 2.30. The Morgan fingerprint density at radius 2 is 1.82 bits per heavy atom. The van der Waals surface area contributed by atoms with Crippen LogP contribution in [-0.2, 0) is 11.2 Å². The molecule has 1 aromatic carbocycles. The van der Waals surface area contributed by atoms with E-state index in [2.05, 4.69) is 35.1 Å². The molecule has 1 atom stereocenters. The molecule has 186 valence electrons. The van der Waals surface area contributed by atoms with Gasteiger partial charge in [-0.15, -0.1) is 0 Å². The largest absolute Gasteiger partial charge is 0.494 e. The minimum absolute atomic E-state index is 0.00465. The van der Waals surface area contributed by atoms with E-state index in [4.69, 9.17) is 9.47 Å². The SMILES string of the molecule is CC.CCOc1ccc2c(c1)CC[C@@H]2C.CN=C(c1c(C)cc(OCC(C)=O)nc1C)C1CC1. The number of ketones is 1. The minimum atomic E-state index is -0.00465. The lowest BCUT2D eigenvalue weighted by atomic mass is 9.99. The van der Waals surface area contributed by atoms with Crippen molar-refractivity contribution in [2.24, 2.45) is 10.9 Å². The van der Waals surface area contributed by atoms with Crippen molar-refractivity contribution in [2.75, 3.05) is 20.3 Å². The van der Waals surface area contributed by atoms with Crippen molar-refractivity contribution < 1.29 is 14.3 Å². The molecule has 34 heavy (non-hydrogen) atoms. The summed E-state index contributed by atoms with van der Waals surface area (Å²) in [6.07, 6.45) is 4.95. The number of ether oxygens (including phenoxy) is 2. The predicted molar refractivity (Wildman–Crippen MR) is 141 cm³/mol. The monoisotopic (exact) mass is 466 g/mol. The van der Waals surface area contributed by atoms with Gasteiger partial charge in [0.05, 0.1) is 12.3 Å². The molecule has 1 saturated carbocycles. The summed E-state index contributed by atoms with van der Waals surface area (Å²) in [5.41, 5.74) is 7.33. The van der Waals surface area contributed by atoms with Gasteiger partial charge in [-0.25, -0.2) is 4.98 Å². The van der Waals surface area contributed by atoms with Crippen LogP contribution in [0.3, 0.4) is 0 Å². The van der Waals surface area contributed by atoms with Gasteiger partial charge in [0.15, 0.2) is 5.78 Å². The highest BCUT2D eigenvalue weighted by Crippen LogP contribution is 2.36. The first-order valence-electron chi connectivity index (χ1n) is 12.7. The van der Waals surface area contributed by atoms with Crippen molar-refractivity contribution in [2.45, 2.75) is 80.1 Å². The highest BCUT2D eigenvalue weighted by atomic mass is 16.5. The number of hydrogen-bond donors (Lipinski definition) is 0. The summed E-state index contributed by atoms with van der Waals surface area (Å²) in [4.78, 5) is 19.8. The van der Waals surface area contributed by atoms with Crippen LogP contribution in [0.1, 0.15) is 87.7 Å².